The van der Waals surface area contributed by atoms with Crippen LogP contribution in [-0.4, -0.2) is 53.9 Å². The zero-order valence-electron chi connectivity index (χ0n) is 15.7. The van der Waals surface area contributed by atoms with Crippen LogP contribution in [0.1, 0.15) is 40.2 Å². The zero-order chi connectivity index (χ0) is 18.6. The summed E-state index contributed by atoms with van der Waals surface area (Å²) in [6.07, 6.45) is 3.00. The summed E-state index contributed by atoms with van der Waals surface area (Å²) in [4.78, 5) is 15.2. The molecular formula is C20H26N4O3. The van der Waals surface area contributed by atoms with Crippen LogP contribution in [0.25, 0.3) is 0 Å². The van der Waals surface area contributed by atoms with Crippen molar-refractivity contribution in [3.8, 4) is 5.75 Å². The van der Waals surface area contributed by atoms with Gasteiger partial charge in [0.25, 0.3) is 5.91 Å². The van der Waals surface area contributed by atoms with Gasteiger partial charge in [-0.1, -0.05) is 12.1 Å². The lowest BCUT2D eigenvalue weighted by Gasteiger charge is -2.26. The van der Waals surface area contributed by atoms with E-state index in [1.54, 1.807) is 7.11 Å². The van der Waals surface area contributed by atoms with Gasteiger partial charge in [-0.2, -0.15) is 5.10 Å². The third-order valence-corrected chi connectivity index (χ3v) is 5.25. The van der Waals surface area contributed by atoms with Crippen LogP contribution >= 0.6 is 0 Å². The van der Waals surface area contributed by atoms with Crippen LogP contribution in [0.4, 0.5) is 0 Å². The summed E-state index contributed by atoms with van der Waals surface area (Å²) in [6.45, 7) is 3.44. The first-order valence-electron chi connectivity index (χ1n) is 9.55. The molecule has 4 rings (SSSR count). The SMILES string of the molecule is COc1cccc(CN(CC2CCCO2)C(=O)c2n[nH]c3c2CNCC3)c1. The highest BCUT2D eigenvalue weighted by Crippen LogP contribution is 2.22. The van der Waals surface area contributed by atoms with E-state index in [-0.39, 0.29) is 12.0 Å². The highest BCUT2D eigenvalue weighted by molar-refractivity contribution is 5.94. The molecule has 1 saturated heterocycles. The number of rotatable bonds is 6. The molecule has 1 amide bonds. The number of H-pyrrole nitrogens is 1. The van der Waals surface area contributed by atoms with E-state index in [0.29, 0.717) is 25.3 Å². The predicted molar refractivity (Wildman–Crippen MR) is 101 cm³/mol. The number of benzene rings is 1. The number of hydrogen-bond donors (Lipinski definition) is 2. The molecule has 144 valence electrons. The topological polar surface area (TPSA) is 79.5 Å². The third kappa shape index (κ3) is 3.99. The van der Waals surface area contributed by atoms with Gasteiger partial charge < -0.3 is 19.7 Å². The van der Waals surface area contributed by atoms with E-state index in [4.69, 9.17) is 9.47 Å². The van der Waals surface area contributed by atoms with Crippen molar-refractivity contribution < 1.29 is 14.3 Å². The number of aromatic nitrogens is 2. The van der Waals surface area contributed by atoms with Gasteiger partial charge in [0.05, 0.1) is 13.2 Å². The van der Waals surface area contributed by atoms with E-state index in [1.807, 2.05) is 29.2 Å². The Hall–Kier alpha value is -2.38. The molecule has 27 heavy (non-hydrogen) atoms. The van der Waals surface area contributed by atoms with Crippen molar-refractivity contribution in [1.82, 2.24) is 20.4 Å². The highest BCUT2D eigenvalue weighted by atomic mass is 16.5. The van der Waals surface area contributed by atoms with E-state index in [1.165, 1.54) is 0 Å². The molecule has 0 radical (unpaired) electrons. The van der Waals surface area contributed by atoms with E-state index < -0.39 is 0 Å². The van der Waals surface area contributed by atoms with Crippen molar-refractivity contribution >= 4 is 5.91 Å². The van der Waals surface area contributed by atoms with Crippen molar-refractivity contribution in [2.45, 2.75) is 38.5 Å². The standard InChI is InChI=1S/C20H26N4O3/c1-26-15-5-2-4-14(10-15)12-24(13-16-6-3-9-27-16)20(25)19-17-11-21-8-7-18(17)22-23-19/h2,4-5,10,16,21H,3,6-9,11-13H2,1H3,(H,22,23). The fourth-order valence-electron chi connectivity index (χ4n) is 3.80. The van der Waals surface area contributed by atoms with Gasteiger partial charge >= 0.3 is 0 Å². The van der Waals surface area contributed by atoms with E-state index in [2.05, 4.69) is 15.5 Å². The molecule has 2 aromatic rings. The predicted octanol–water partition coefficient (Wildman–Crippen LogP) is 1.89. The number of nitrogens with zero attached hydrogens (tertiary/aromatic N) is 2. The summed E-state index contributed by atoms with van der Waals surface area (Å²) in [7, 11) is 1.65. The number of hydrogen-bond acceptors (Lipinski definition) is 5. The van der Waals surface area contributed by atoms with Crippen LogP contribution in [0.5, 0.6) is 5.75 Å². The molecule has 2 aliphatic rings. The van der Waals surface area contributed by atoms with Gasteiger partial charge in [0.1, 0.15) is 5.75 Å². The second-order valence-electron chi connectivity index (χ2n) is 7.13. The maximum Gasteiger partial charge on any atom is 0.275 e. The Morgan fingerprint density at radius 3 is 3.19 bits per heavy atom. The Kier molecular flexibility index (Phi) is 5.40. The minimum atomic E-state index is -0.0467. The van der Waals surface area contributed by atoms with Crippen molar-refractivity contribution in [2.75, 3.05) is 26.8 Å². The van der Waals surface area contributed by atoms with Gasteiger partial charge in [-0.15, -0.1) is 0 Å². The lowest BCUT2D eigenvalue weighted by molar-refractivity contribution is 0.0501. The van der Waals surface area contributed by atoms with E-state index >= 15 is 0 Å². The van der Waals surface area contributed by atoms with Crippen LogP contribution in [0, 0.1) is 0 Å². The molecule has 1 aromatic carbocycles. The Balaban J connectivity index is 1.58. The normalized spacial score (nSPS) is 18.9. The molecule has 1 fully saturated rings. The molecule has 1 aromatic heterocycles. The summed E-state index contributed by atoms with van der Waals surface area (Å²) in [5.41, 5.74) is 3.62. The molecular weight excluding hydrogens is 344 g/mol. The second-order valence-corrected chi connectivity index (χ2v) is 7.13. The van der Waals surface area contributed by atoms with E-state index in [0.717, 1.165) is 55.0 Å². The lowest BCUT2D eigenvalue weighted by atomic mass is 10.1. The van der Waals surface area contributed by atoms with Crippen molar-refractivity contribution in [3.05, 3.63) is 46.8 Å². The molecule has 1 unspecified atom stereocenters. The number of carbonyl (C=O) groups excluding carboxylic acids is 1. The van der Waals surface area contributed by atoms with Crippen LogP contribution in [0.2, 0.25) is 0 Å². The number of amides is 1. The lowest BCUT2D eigenvalue weighted by Crippen LogP contribution is -2.38. The quantitative estimate of drug-likeness (QED) is 0.812. The number of ether oxygens (including phenoxy) is 2. The van der Waals surface area contributed by atoms with Crippen LogP contribution < -0.4 is 10.1 Å². The number of nitrogens with one attached hydrogen (secondary N) is 2. The van der Waals surface area contributed by atoms with Gasteiger partial charge in [-0.05, 0) is 30.5 Å². The average molecular weight is 370 g/mol. The molecule has 7 nitrogen and oxygen atoms in total. The molecule has 2 N–H and O–H groups in total. The summed E-state index contributed by atoms with van der Waals surface area (Å²) < 4.78 is 11.1. The Morgan fingerprint density at radius 2 is 2.37 bits per heavy atom. The number of methoxy groups -OCH3 is 1. The first-order chi connectivity index (χ1) is 13.2. The molecule has 2 aliphatic heterocycles. The molecule has 0 spiro atoms. The van der Waals surface area contributed by atoms with Gasteiger partial charge in [-0.3, -0.25) is 9.89 Å². The fraction of sp³-hybridized carbons (Fsp3) is 0.500. The maximum absolute atomic E-state index is 13.4. The second kappa shape index (κ2) is 8.10. The van der Waals surface area contributed by atoms with Gasteiger partial charge in [0, 0.05) is 50.5 Å². The van der Waals surface area contributed by atoms with Crippen molar-refractivity contribution in [1.29, 1.82) is 0 Å². The fourth-order valence-corrected chi connectivity index (χ4v) is 3.80. The van der Waals surface area contributed by atoms with Gasteiger partial charge in [0.2, 0.25) is 0 Å². The number of fused-ring (bicyclic) bond motifs is 1. The van der Waals surface area contributed by atoms with Crippen molar-refractivity contribution in [3.63, 3.8) is 0 Å². The molecule has 0 aliphatic carbocycles. The molecule has 7 heteroatoms. The van der Waals surface area contributed by atoms with Crippen molar-refractivity contribution in [2.24, 2.45) is 0 Å². The Morgan fingerprint density at radius 1 is 1.44 bits per heavy atom. The summed E-state index contributed by atoms with van der Waals surface area (Å²) in [6, 6.07) is 7.84. The Labute approximate surface area is 159 Å². The Bertz CT molecular complexity index is 798. The van der Waals surface area contributed by atoms with Crippen LogP contribution in [-0.2, 0) is 24.2 Å². The monoisotopic (exact) mass is 370 g/mol. The summed E-state index contributed by atoms with van der Waals surface area (Å²) in [5.74, 6) is 0.743. The maximum atomic E-state index is 13.4. The minimum absolute atomic E-state index is 0.0467. The molecule has 3 heterocycles. The molecule has 0 bridgehead atoms. The van der Waals surface area contributed by atoms with E-state index in [9.17, 15) is 4.79 Å². The van der Waals surface area contributed by atoms with Crippen LogP contribution in [0.15, 0.2) is 24.3 Å². The average Bonchev–Trinajstić information content (AvgIpc) is 3.37. The minimum Gasteiger partial charge on any atom is -0.497 e. The molecule has 0 saturated carbocycles. The largest absolute Gasteiger partial charge is 0.497 e. The number of aromatic amines is 1. The zero-order valence-corrected chi connectivity index (χ0v) is 15.7. The number of carbonyl (C=O) groups is 1. The summed E-state index contributed by atoms with van der Waals surface area (Å²) >= 11 is 0. The van der Waals surface area contributed by atoms with Gasteiger partial charge in [-0.25, -0.2) is 0 Å². The molecule has 1 atom stereocenters. The van der Waals surface area contributed by atoms with Gasteiger partial charge in [0.15, 0.2) is 5.69 Å². The smallest absolute Gasteiger partial charge is 0.275 e. The first kappa shape index (κ1) is 18.0. The summed E-state index contributed by atoms with van der Waals surface area (Å²) in [5, 5.41) is 10.7. The first-order valence-corrected chi connectivity index (χ1v) is 9.55. The third-order valence-electron chi connectivity index (χ3n) is 5.25. The highest BCUT2D eigenvalue weighted by Gasteiger charge is 2.28. The van der Waals surface area contributed by atoms with Crippen LogP contribution in [0.3, 0.4) is 0 Å².